The highest BCUT2D eigenvalue weighted by Gasteiger charge is 2.50. The van der Waals surface area contributed by atoms with Gasteiger partial charge in [0.15, 0.2) is 0 Å². The van der Waals surface area contributed by atoms with Crippen molar-refractivity contribution in [2.24, 2.45) is 0 Å². The quantitative estimate of drug-likeness (QED) is 0.575. The van der Waals surface area contributed by atoms with Crippen molar-refractivity contribution in [2.45, 2.75) is 30.4 Å². The van der Waals surface area contributed by atoms with Crippen LogP contribution in [0.15, 0.2) is 88.4 Å². The van der Waals surface area contributed by atoms with Crippen molar-refractivity contribution < 1.29 is 22.4 Å². The van der Waals surface area contributed by atoms with E-state index in [2.05, 4.69) is 5.32 Å². The highest BCUT2D eigenvalue weighted by atomic mass is 32.2. The lowest BCUT2D eigenvalue weighted by molar-refractivity contribution is -0.154. The first-order chi connectivity index (χ1) is 15.8. The van der Waals surface area contributed by atoms with Crippen LogP contribution in [0.5, 0.6) is 0 Å². The minimum Gasteiger partial charge on any atom is -0.467 e. The Labute approximate surface area is 192 Å². The van der Waals surface area contributed by atoms with Crippen molar-refractivity contribution in [2.75, 3.05) is 13.1 Å². The van der Waals surface area contributed by atoms with E-state index in [1.54, 1.807) is 37.3 Å². The van der Waals surface area contributed by atoms with Crippen LogP contribution in [0, 0.1) is 0 Å². The lowest BCUT2D eigenvalue weighted by Gasteiger charge is -2.46. The van der Waals surface area contributed by atoms with Crippen LogP contribution in [0.3, 0.4) is 0 Å². The molecule has 1 atom stereocenters. The SMILES string of the molecule is CC1(C(=O)NCc2ccccc2)CN(S(=O)(=O)c2ccccc2)CC(=O)N1Cc1ccco1. The fourth-order valence-electron chi connectivity index (χ4n) is 3.89. The Kier molecular flexibility index (Phi) is 6.35. The maximum absolute atomic E-state index is 13.4. The molecule has 0 aliphatic carbocycles. The predicted molar refractivity (Wildman–Crippen MR) is 121 cm³/mol. The maximum Gasteiger partial charge on any atom is 0.247 e. The Morgan fingerprint density at radius 1 is 1.03 bits per heavy atom. The number of carbonyl (C=O) groups is 2. The second-order valence-electron chi connectivity index (χ2n) is 8.09. The van der Waals surface area contributed by atoms with Gasteiger partial charge in [0.25, 0.3) is 0 Å². The van der Waals surface area contributed by atoms with E-state index in [1.807, 2.05) is 30.3 Å². The molecule has 1 fully saturated rings. The predicted octanol–water partition coefficient (Wildman–Crippen LogP) is 2.39. The summed E-state index contributed by atoms with van der Waals surface area (Å²) >= 11 is 0. The van der Waals surface area contributed by atoms with E-state index < -0.39 is 27.4 Å². The molecule has 1 unspecified atom stereocenters. The highest BCUT2D eigenvalue weighted by Crippen LogP contribution is 2.29. The minimum absolute atomic E-state index is 0.0559. The van der Waals surface area contributed by atoms with E-state index in [0.29, 0.717) is 5.76 Å². The molecule has 1 N–H and O–H groups in total. The number of nitrogens with one attached hydrogen (secondary N) is 1. The summed E-state index contributed by atoms with van der Waals surface area (Å²) in [5, 5.41) is 2.87. The standard InChI is InChI=1S/C24H25N3O5S/c1-24(23(29)25-15-19-9-4-2-5-10-19)18-26(33(30,31)21-12-6-3-7-13-21)17-22(28)27(24)16-20-11-8-14-32-20/h2-14H,15-18H2,1H3,(H,25,29). The van der Waals surface area contributed by atoms with Crippen molar-refractivity contribution >= 4 is 21.8 Å². The fourth-order valence-corrected chi connectivity index (χ4v) is 5.39. The highest BCUT2D eigenvalue weighted by molar-refractivity contribution is 7.89. The van der Waals surface area contributed by atoms with Gasteiger partial charge in [-0.2, -0.15) is 4.31 Å². The molecule has 2 heterocycles. The van der Waals surface area contributed by atoms with Crippen LogP contribution in [-0.2, 0) is 32.7 Å². The number of hydrogen-bond acceptors (Lipinski definition) is 5. The third-order valence-corrected chi connectivity index (χ3v) is 7.56. The monoisotopic (exact) mass is 467 g/mol. The molecule has 1 aliphatic heterocycles. The number of rotatable bonds is 7. The zero-order valence-electron chi connectivity index (χ0n) is 18.2. The molecular weight excluding hydrogens is 442 g/mol. The Balaban J connectivity index is 1.64. The average Bonchev–Trinajstić information content (AvgIpc) is 3.34. The largest absolute Gasteiger partial charge is 0.467 e. The van der Waals surface area contributed by atoms with Crippen LogP contribution in [0.4, 0.5) is 0 Å². The second-order valence-corrected chi connectivity index (χ2v) is 10.0. The number of piperazine rings is 1. The summed E-state index contributed by atoms with van der Waals surface area (Å²) in [6.45, 7) is 1.35. The van der Waals surface area contributed by atoms with Gasteiger partial charge in [0.1, 0.15) is 11.3 Å². The summed E-state index contributed by atoms with van der Waals surface area (Å²) in [7, 11) is -3.97. The fraction of sp³-hybridized carbons (Fsp3) is 0.250. The minimum atomic E-state index is -3.97. The second kappa shape index (κ2) is 9.21. The van der Waals surface area contributed by atoms with Crippen LogP contribution in [0.1, 0.15) is 18.2 Å². The van der Waals surface area contributed by atoms with Gasteiger partial charge in [-0.25, -0.2) is 8.42 Å². The third kappa shape index (κ3) is 4.69. The van der Waals surface area contributed by atoms with Crippen LogP contribution >= 0.6 is 0 Å². The van der Waals surface area contributed by atoms with Gasteiger partial charge in [0.05, 0.1) is 24.2 Å². The molecule has 33 heavy (non-hydrogen) atoms. The van der Waals surface area contributed by atoms with Gasteiger partial charge in [0.2, 0.25) is 21.8 Å². The van der Waals surface area contributed by atoms with E-state index in [9.17, 15) is 18.0 Å². The number of amides is 2. The van der Waals surface area contributed by atoms with Gasteiger partial charge < -0.3 is 14.6 Å². The molecule has 9 heteroatoms. The number of benzene rings is 2. The number of furan rings is 1. The summed E-state index contributed by atoms with van der Waals surface area (Å²) in [5.41, 5.74) is -0.554. The van der Waals surface area contributed by atoms with E-state index in [0.717, 1.165) is 9.87 Å². The molecule has 1 aliphatic rings. The number of nitrogens with zero attached hydrogens (tertiary/aromatic N) is 2. The zero-order valence-corrected chi connectivity index (χ0v) is 19.0. The lowest BCUT2D eigenvalue weighted by atomic mass is 9.95. The first-order valence-electron chi connectivity index (χ1n) is 10.5. The summed E-state index contributed by atoms with van der Waals surface area (Å²) in [6, 6.07) is 20.7. The molecule has 4 rings (SSSR count). The third-order valence-electron chi connectivity index (χ3n) is 5.75. The molecule has 0 radical (unpaired) electrons. The van der Waals surface area contributed by atoms with Crippen molar-refractivity contribution in [1.82, 2.24) is 14.5 Å². The van der Waals surface area contributed by atoms with Crippen LogP contribution < -0.4 is 5.32 Å². The van der Waals surface area contributed by atoms with Crippen LogP contribution in [0.2, 0.25) is 0 Å². The molecular formula is C24H25N3O5S. The molecule has 3 aromatic rings. The zero-order chi connectivity index (χ0) is 23.5. The lowest BCUT2D eigenvalue weighted by Crippen LogP contribution is -2.69. The van der Waals surface area contributed by atoms with Crippen molar-refractivity contribution in [3.63, 3.8) is 0 Å². The number of hydrogen-bond donors (Lipinski definition) is 1. The number of sulfonamides is 1. The first kappa shape index (κ1) is 22.8. The molecule has 8 nitrogen and oxygen atoms in total. The van der Waals surface area contributed by atoms with E-state index in [4.69, 9.17) is 4.42 Å². The van der Waals surface area contributed by atoms with Crippen LogP contribution in [0.25, 0.3) is 0 Å². The smallest absolute Gasteiger partial charge is 0.247 e. The summed E-state index contributed by atoms with van der Waals surface area (Å²) in [4.78, 5) is 28.1. The van der Waals surface area contributed by atoms with Crippen molar-refractivity contribution in [1.29, 1.82) is 0 Å². The summed E-state index contributed by atoms with van der Waals surface area (Å²) in [6.07, 6.45) is 1.49. The van der Waals surface area contributed by atoms with Crippen molar-refractivity contribution in [3.05, 3.63) is 90.4 Å². The molecule has 1 aromatic heterocycles. The Morgan fingerprint density at radius 3 is 2.33 bits per heavy atom. The van der Waals surface area contributed by atoms with E-state index in [-0.39, 0.29) is 31.1 Å². The van der Waals surface area contributed by atoms with Crippen molar-refractivity contribution in [3.8, 4) is 0 Å². The molecule has 0 spiro atoms. The normalized spacial score (nSPS) is 19.4. The van der Waals surface area contributed by atoms with Gasteiger partial charge in [0, 0.05) is 13.1 Å². The first-order valence-corrected chi connectivity index (χ1v) is 11.9. The Hall–Kier alpha value is -3.43. The Bertz CT molecular complexity index is 1210. The average molecular weight is 468 g/mol. The molecule has 1 saturated heterocycles. The van der Waals surface area contributed by atoms with Gasteiger partial charge in [-0.3, -0.25) is 9.59 Å². The van der Waals surface area contributed by atoms with E-state index in [1.165, 1.54) is 23.3 Å². The topological polar surface area (TPSA) is 99.9 Å². The Morgan fingerprint density at radius 2 is 1.70 bits per heavy atom. The summed E-state index contributed by atoms with van der Waals surface area (Å²) in [5.74, 6) is -0.418. The van der Waals surface area contributed by atoms with Gasteiger partial charge in [-0.15, -0.1) is 0 Å². The molecule has 0 bridgehead atoms. The molecule has 2 aromatic carbocycles. The van der Waals surface area contributed by atoms with Gasteiger partial charge >= 0.3 is 0 Å². The number of carbonyl (C=O) groups excluding carboxylic acids is 2. The van der Waals surface area contributed by atoms with Gasteiger partial charge in [-0.1, -0.05) is 48.5 Å². The maximum atomic E-state index is 13.4. The van der Waals surface area contributed by atoms with E-state index >= 15 is 0 Å². The summed E-state index contributed by atoms with van der Waals surface area (Å²) < 4.78 is 33.0. The molecule has 0 saturated carbocycles. The van der Waals surface area contributed by atoms with Crippen LogP contribution in [-0.4, -0.2) is 48.1 Å². The molecule has 172 valence electrons. The molecule has 2 amide bonds. The van der Waals surface area contributed by atoms with Gasteiger partial charge in [-0.05, 0) is 36.8 Å².